The van der Waals surface area contributed by atoms with Gasteiger partial charge < -0.3 is 9.84 Å². The number of esters is 1. The van der Waals surface area contributed by atoms with Crippen LogP contribution in [0.25, 0.3) is 0 Å². The van der Waals surface area contributed by atoms with E-state index in [-0.39, 0.29) is 19.6 Å². The normalized spacial score (nSPS) is 23.7. The number of benzene rings is 1. The summed E-state index contributed by atoms with van der Waals surface area (Å²) in [5.41, 5.74) is 0.824. The van der Waals surface area contributed by atoms with Crippen LogP contribution in [-0.2, 0) is 26.2 Å². The molecule has 0 radical (unpaired) electrons. The van der Waals surface area contributed by atoms with E-state index >= 15 is 0 Å². The molecule has 2 rings (SSSR count). The van der Waals surface area contributed by atoms with E-state index in [2.05, 4.69) is 0 Å². The van der Waals surface area contributed by atoms with Crippen molar-refractivity contribution in [2.24, 2.45) is 0 Å². The summed E-state index contributed by atoms with van der Waals surface area (Å²) in [5, 5.41) is 9.55. The molecule has 1 aliphatic rings. The molecule has 1 saturated heterocycles. The fourth-order valence-electron chi connectivity index (χ4n) is 2.19. The molecule has 1 N–H and O–H groups in total. The number of carbonyl (C=O) groups is 1. The zero-order chi connectivity index (χ0) is 14.8. The Hall–Kier alpha value is -1.44. The lowest BCUT2D eigenvalue weighted by molar-refractivity contribution is -0.148. The number of ether oxygens (including phenoxy) is 1. The van der Waals surface area contributed by atoms with Crippen molar-refractivity contribution in [3.63, 3.8) is 0 Å². The highest BCUT2D eigenvalue weighted by atomic mass is 32.2. The Morgan fingerprint density at radius 1 is 1.40 bits per heavy atom. The number of sulfonamides is 1. The van der Waals surface area contributed by atoms with Gasteiger partial charge in [-0.2, -0.15) is 4.31 Å². The van der Waals surface area contributed by atoms with E-state index in [4.69, 9.17) is 4.74 Å². The number of β-amino-alcohol motifs (C(OH)–C–C–N with tert-alkyl or cyclic N) is 1. The average molecular weight is 299 g/mol. The minimum absolute atomic E-state index is 0.0655. The van der Waals surface area contributed by atoms with E-state index in [0.717, 1.165) is 16.1 Å². The third-order valence-electron chi connectivity index (χ3n) is 3.16. The van der Waals surface area contributed by atoms with E-state index in [0.29, 0.717) is 0 Å². The summed E-state index contributed by atoms with van der Waals surface area (Å²) in [6.07, 6.45) is 0.252. The smallest absolute Gasteiger partial charge is 0.324 e. The van der Waals surface area contributed by atoms with Crippen LogP contribution in [0.2, 0.25) is 0 Å². The topological polar surface area (TPSA) is 83.9 Å². The van der Waals surface area contributed by atoms with Gasteiger partial charge >= 0.3 is 5.97 Å². The van der Waals surface area contributed by atoms with Crippen LogP contribution in [0.1, 0.15) is 12.0 Å². The van der Waals surface area contributed by atoms with Crippen molar-refractivity contribution in [1.29, 1.82) is 0 Å². The van der Waals surface area contributed by atoms with Crippen LogP contribution in [0, 0.1) is 0 Å². The lowest BCUT2D eigenvalue weighted by Gasteiger charge is -2.20. The monoisotopic (exact) mass is 299 g/mol. The van der Waals surface area contributed by atoms with Crippen molar-refractivity contribution in [3.8, 4) is 0 Å². The van der Waals surface area contributed by atoms with E-state index in [1.165, 1.54) is 0 Å². The molecule has 110 valence electrons. The maximum absolute atomic E-state index is 12.0. The first-order chi connectivity index (χ1) is 9.38. The summed E-state index contributed by atoms with van der Waals surface area (Å²) in [7, 11) is -3.54. The third-order valence-corrected chi connectivity index (χ3v) is 4.41. The Labute approximate surface area is 118 Å². The number of carbonyl (C=O) groups excluding carboxylic acids is 1. The van der Waals surface area contributed by atoms with Crippen LogP contribution in [-0.4, -0.2) is 48.7 Å². The Morgan fingerprint density at radius 2 is 2.05 bits per heavy atom. The Kier molecular flexibility index (Phi) is 4.42. The number of nitrogens with zero attached hydrogens (tertiary/aromatic N) is 1. The van der Waals surface area contributed by atoms with Crippen LogP contribution >= 0.6 is 0 Å². The molecule has 0 amide bonds. The number of aliphatic hydroxyl groups is 1. The number of rotatable bonds is 4. The zero-order valence-corrected chi connectivity index (χ0v) is 11.9. The van der Waals surface area contributed by atoms with Gasteiger partial charge in [-0.25, -0.2) is 8.42 Å². The second kappa shape index (κ2) is 5.90. The summed E-state index contributed by atoms with van der Waals surface area (Å²) in [6.45, 7) is 0.0216. The zero-order valence-electron chi connectivity index (χ0n) is 11.1. The van der Waals surface area contributed by atoms with Gasteiger partial charge in [0.15, 0.2) is 0 Å². The lowest BCUT2D eigenvalue weighted by atomic mass is 10.2. The van der Waals surface area contributed by atoms with Crippen LogP contribution in [0.15, 0.2) is 30.3 Å². The quantitative estimate of drug-likeness (QED) is 0.799. The Bertz CT molecular complexity index is 572. The molecule has 1 heterocycles. The molecule has 0 saturated carbocycles. The average Bonchev–Trinajstić information content (AvgIpc) is 2.79. The van der Waals surface area contributed by atoms with E-state index in [9.17, 15) is 18.3 Å². The molecule has 1 aliphatic heterocycles. The summed E-state index contributed by atoms with van der Waals surface area (Å²) < 4.78 is 29.3. The molecule has 1 aromatic rings. The first-order valence-electron chi connectivity index (χ1n) is 6.23. The maximum atomic E-state index is 12.0. The van der Waals surface area contributed by atoms with Gasteiger partial charge in [0.1, 0.15) is 12.6 Å². The number of hydrogen-bond acceptors (Lipinski definition) is 5. The first kappa shape index (κ1) is 15.0. The van der Waals surface area contributed by atoms with Crippen LogP contribution in [0.4, 0.5) is 0 Å². The van der Waals surface area contributed by atoms with Crippen molar-refractivity contribution in [2.75, 3.05) is 12.8 Å². The van der Waals surface area contributed by atoms with Crippen LogP contribution in [0.3, 0.4) is 0 Å². The van der Waals surface area contributed by atoms with Gasteiger partial charge in [0.05, 0.1) is 12.4 Å². The molecule has 1 aromatic carbocycles. The predicted molar refractivity (Wildman–Crippen MR) is 72.2 cm³/mol. The maximum Gasteiger partial charge on any atom is 0.324 e. The van der Waals surface area contributed by atoms with Crippen molar-refractivity contribution < 1.29 is 23.1 Å². The minimum atomic E-state index is -3.54. The van der Waals surface area contributed by atoms with Gasteiger partial charge in [-0.3, -0.25) is 4.79 Å². The summed E-state index contributed by atoms with van der Waals surface area (Å²) >= 11 is 0. The molecular formula is C13H17NO5S. The number of aliphatic hydroxyl groups excluding tert-OH is 1. The summed E-state index contributed by atoms with van der Waals surface area (Å²) in [4.78, 5) is 12.0. The highest BCUT2D eigenvalue weighted by Crippen LogP contribution is 2.22. The fraction of sp³-hybridized carbons (Fsp3) is 0.462. The first-order valence-corrected chi connectivity index (χ1v) is 8.08. The van der Waals surface area contributed by atoms with Gasteiger partial charge in [-0.15, -0.1) is 0 Å². The van der Waals surface area contributed by atoms with Crippen molar-refractivity contribution >= 4 is 16.0 Å². The fourth-order valence-corrected chi connectivity index (χ4v) is 3.27. The van der Waals surface area contributed by atoms with Gasteiger partial charge in [-0.1, -0.05) is 30.3 Å². The van der Waals surface area contributed by atoms with E-state index < -0.39 is 28.1 Å². The molecule has 0 aromatic heterocycles. The second-order valence-electron chi connectivity index (χ2n) is 4.83. The minimum Gasteiger partial charge on any atom is -0.460 e. The molecule has 7 heteroatoms. The summed E-state index contributed by atoms with van der Waals surface area (Å²) in [5.74, 6) is -0.629. The van der Waals surface area contributed by atoms with Gasteiger partial charge in [0.2, 0.25) is 10.0 Å². The molecule has 20 heavy (non-hydrogen) atoms. The molecule has 0 unspecified atom stereocenters. The second-order valence-corrected chi connectivity index (χ2v) is 6.77. The SMILES string of the molecule is CS(=O)(=O)N1C[C@H](O)C[C@H]1C(=O)OCc1ccccc1. The lowest BCUT2D eigenvalue weighted by Crippen LogP contribution is -2.40. The van der Waals surface area contributed by atoms with E-state index in [1.807, 2.05) is 30.3 Å². The van der Waals surface area contributed by atoms with Crippen molar-refractivity contribution in [3.05, 3.63) is 35.9 Å². The van der Waals surface area contributed by atoms with Gasteiger partial charge in [0.25, 0.3) is 0 Å². The van der Waals surface area contributed by atoms with Crippen molar-refractivity contribution in [1.82, 2.24) is 4.31 Å². The standard InChI is InChI=1S/C13H17NO5S/c1-20(17,18)14-8-11(15)7-12(14)13(16)19-9-10-5-3-2-4-6-10/h2-6,11-12,15H,7-9H2,1H3/t11-,12+/m1/s1. The van der Waals surface area contributed by atoms with Crippen molar-refractivity contribution in [2.45, 2.75) is 25.2 Å². The summed E-state index contributed by atoms with van der Waals surface area (Å²) in [6, 6.07) is 8.18. The van der Waals surface area contributed by atoms with Gasteiger partial charge in [-0.05, 0) is 5.56 Å². The predicted octanol–water partition coefficient (Wildman–Crippen LogP) is 0.125. The third kappa shape index (κ3) is 3.56. The Morgan fingerprint density at radius 3 is 2.65 bits per heavy atom. The molecule has 6 nitrogen and oxygen atoms in total. The Balaban J connectivity index is 2.01. The molecule has 0 aliphatic carbocycles. The molecule has 2 atom stereocenters. The van der Waals surface area contributed by atoms with Crippen LogP contribution < -0.4 is 0 Å². The van der Waals surface area contributed by atoms with Gasteiger partial charge in [0, 0.05) is 13.0 Å². The highest BCUT2D eigenvalue weighted by molar-refractivity contribution is 7.88. The molecule has 0 spiro atoms. The molecular weight excluding hydrogens is 282 g/mol. The number of hydrogen-bond donors (Lipinski definition) is 1. The molecule has 0 bridgehead atoms. The van der Waals surface area contributed by atoms with Crippen LogP contribution in [0.5, 0.6) is 0 Å². The highest BCUT2D eigenvalue weighted by Gasteiger charge is 2.41. The largest absolute Gasteiger partial charge is 0.460 e. The molecule has 1 fully saturated rings. The van der Waals surface area contributed by atoms with E-state index in [1.54, 1.807) is 0 Å².